The standard InChI is InChI=1S/C22H37N5O3/c1-6-17(2)22(3,30)16-23-21(29)24-18-7-9-19(10-8-18)26(5)20(28)15-27-13-11-25(4)12-14-27/h7-10,17,30H,6,11-16H2,1-5H3,(H2,23,24,29). The Hall–Kier alpha value is -2.16. The molecule has 0 bridgehead atoms. The molecule has 0 radical (unpaired) electrons. The molecule has 0 spiro atoms. The molecule has 30 heavy (non-hydrogen) atoms. The van der Waals surface area contributed by atoms with E-state index >= 15 is 0 Å². The Kier molecular flexibility index (Phi) is 8.64. The molecule has 2 unspecified atom stereocenters. The van der Waals surface area contributed by atoms with Crippen LogP contribution in [0.25, 0.3) is 0 Å². The number of carbonyl (C=O) groups is 2. The molecule has 3 amide bonds. The summed E-state index contributed by atoms with van der Waals surface area (Å²) in [6.07, 6.45) is 0.832. The zero-order chi connectivity index (χ0) is 22.3. The highest BCUT2D eigenvalue weighted by molar-refractivity contribution is 5.95. The Morgan fingerprint density at radius 1 is 1.20 bits per heavy atom. The smallest absolute Gasteiger partial charge is 0.319 e. The summed E-state index contributed by atoms with van der Waals surface area (Å²) in [7, 11) is 3.86. The minimum atomic E-state index is -0.956. The fourth-order valence-corrected chi connectivity index (χ4v) is 3.26. The van der Waals surface area contributed by atoms with Crippen LogP contribution in [0.2, 0.25) is 0 Å². The van der Waals surface area contributed by atoms with E-state index in [1.165, 1.54) is 0 Å². The molecule has 2 rings (SSSR count). The molecular weight excluding hydrogens is 382 g/mol. The molecule has 1 fully saturated rings. The summed E-state index contributed by atoms with van der Waals surface area (Å²) in [4.78, 5) is 30.8. The molecule has 1 aliphatic heterocycles. The number of hydrogen-bond acceptors (Lipinski definition) is 5. The van der Waals surface area contributed by atoms with Crippen LogP contribution in [0.5, 0.6) is 0 Å². The Labute approximate surface area is 180 Å². The van der Waals surface area contributed by atoms with Gasteiger partial charge >= 0.3 is 6.03 Å². The molecular formula is C22H37N5O3. The average molecular weight is 420 g/mol. The van der Waals surface area contributed by atoms with Gasteiger partial charge in [-0.25, -0.2) is 4.79 Å². The first-order chi connectivity index (χ1) is 14.1. The Morgan fingerprint density at radius 3 is 2.37 bits per heavy atom. The van der Waals surface area contributed by atoms with E-state index in [-0.39, 0.29) is 24.4 Å². The number of rotatable bonds is 8. The van der Waals surface area contributed by atoms with E-state index in [0.29, 0.717) is 12.2 Å². The number of hydrogen-bond donors (Lipinski definition) is 3. The van der Waals surface area contributed by atoms with E-state index < -0.39 is 5.60 Å². The molecule has 1 heterocycles. The van der Waals surface area contributed by atoms with Crippen molar-refractivity contribution in [3.8, 4) is 0 Å². The summed E-state index contributed by atoms with van der Waals surface area (Å²) >= 11 is 0. The van der Waals surface area contributed by atoms with Crippen molar-refractivity contribution in [3.05, 3.63) is 24.3 Å². The van der Waals surface area contributed by atoms with E-state index in [1.807, 2.05) is 26.0 Å². The summed E-state index contributed by atoms with van der Waals surface area (Å²) in [5.74, 6) is 0.126. The van der Waals surface area contributed by atoms with Crippen molar-refractivity contribution < 1.29 is 14.7 Å². The highest BCUT2D eigenvalue weighted by Crippen LogP contribution is 2.20. The van der Waals surface area contributed by atoms with Gasteiger partial charge in [-0.1, -0.05) is 20.3 Å². The first-order valence-corrected chi connectivity index (χ1v) is 10.7. The van der Waals surface area contributed by atoms with Crippen LogP contribution in [0.4, 0.5) is 16.2 Å². The second-order valence-corrected chi connectivity index (χ2v) is 8.55. The third-order valence-corrected chi connectivity index (χ3v) is 6.12. The van der Waals surface area contributed by atoms with Gasteiger partial charge in [0.15, 0.2) is 0 Å². The zero-order valence-electron chi connectivity index (χ0n) is 18.9. The van der Waals surface area contributed by atoms with Crippen molar-refractivity contribution >= 4 is 23.3 Å². The van der Waals surface area contributed by atoms with Crippen LogP contribution < -0.4 is 15.5 Å². The number of nitrogens with one attached hydrogen (secondary N) is 2. The van der Waals surface area contributed by atoms with E-state index in [9.17, 15) is 14.7 Å². The van der Waals surface area contributed by atoms with Crippen molar-refractivity contribution in [1.82, 2.24) is 15.1 Å². The molecule has 2 atom stereocenters. The molecule has 0 saturated carbocycles. The highest BCUT2D eigenvalue weighted by atomic mass is 16.3. The van der Waals surface area contributed by atoms with Gasteiger partial charge in [-0.2, -0.15) is 0 Å². The molecule has 8 heteroatoms. The summed E-state index contributed by atoms with van der Waals surface area (Å²) < 4.78 is 0. The zero-order valence-corrected chi connectivity index (χ0v) is 18.9. The second kappa shape index (κ2) is 10.7. The van der Waals surface area contributed by atoms with Crippen LogP contribution in [0.1, 0.15) is 27.2 Å². The van der Waals surface area contributed by atoms with Gasteiger partial charge in [-0.3, -0.25) is 9.69 Å². The Morgan fingerprint density at radius 2 is 1.80 bits per heavy atom. The number of carbonyl (C=O) groups excluding carboxylic acids is 2. The highest BCUT2D eigenvalue weighted by Gasteiger charge is 2.27. The monoisotopic (exact) mass is 419 g/mol. The van der Waals surface area contributed by atoms with Crippen molar-refractivity contribution in [1.29, 1.82) is 0 Å². The Balaban J connectivity index is 1.83. The maximum absolute atomic E-state index is 12.6. The lowest BCUT2D eigenvalue weighted by Gasteiger charge is -2.32. The molecule has 1 aliphatic rings. The van der Waals surface area contributed by atoms with E-state index in [1.54, 1.807) is 31.0 Å². The quantitative estimate of drug-likeness (QED) is 0.598. The fraction of sp³-hybridized carbons (Fsp3) is 0.636. The van der Waals surface area contributed by atoms with E-state index in [4.69, 9.17) is 0 Å². The van der Waals surface area contributed by atoms with Gasteiger partial charge in [0.25, 0.3) is 0 Å². The summed E-state index contributed by atoms with van der Waals surface area (Å²) in [6, 6.07) is 6.79. The molecule has 3 N–H and O–H groups in total. The van der Waals surface area contributed by atoms with Crippen LogP contribution in [-0.4, -0.2) is 85.8 Å². The van der Waals surface area contributed by atoms with Crippen molar-refractivity contribution in [2.45, 2.75) is 32.8 Å². The molecule has 8 nitrogen and oxygen atoms in total. The number of anilines is 2. The summed E-state index contributed by atoms with van der Waals surface area (Å²) in [5.41, 5.74) is 0.446. The van der Waals surface area contributed by atoms with Gasteiger partial charge in [0, 0.05) is 51.1 Å². The third kappa shape index (κ3) is 6.97. The van der Waals surface area contributed by atoms with Crippen molar-refractivity contribution in [3.63, 3.8) is 0 Å². The lowest BCUT2D eigenvalue weighted by Crippen LogP contribution is -2.48. The van der Waals surface area contributed by atoms with Crippen LogP contribution in [0, 0.1) is 5.92 Å². The first kappa shape index (κ1) is 24.1. The maximum atomic E-state index is 12.6. The minimum absolute atomic E-state index is 0.0466. The minimum Gasteiger partial charge on any atom is -0.388 e. The van der Waals surface area contributed by atoms with Gasteiger partial charge in [0.2, 0.25) is 5.91 Å². The second-order valence-electron chi connectivity index (χ2n) is 8.55. The predicted molar refractivity (Wildman–Crippen MR) is 121 cm³/mol. The van der Waals surface area contributed by atoms with Crippen LogP contribution in [-0.2, 0) is 4.79 Å². The molecule has 1 aromatic rings. The largest absolute Gasteiger partial charge is 0.388 e. The number of nitrogens with zero attached hydrogens (tertiary/aromatic N) is 3. The number of amides is 3. The van der Waals surface area contributed by atoms with Gasteiger partial charge in [-0.15, -0.1) is 0 Å². The summed E-state index contributed by atoms with van der Waals surface area (Å²) in [6.45, 7) is 10.0. The lowest BCUT2D eigenvalue weighted by molar-refractivity contribution is -0.119. The van der Waals surface area contributed by atoms with E-state index in [2.05, 4.69) is 27.5 Å². The van der Waals surface area contributed by atoms with Crippen molar-refractivity contribution in [2.24, 2.45) is 5.92 Å². The van der Waals surface area contributed by atoms with Crippen molar-refractivity contribution in [2.75, 3.05) is 63.6 Å². The maximum Gasteiger partial charge on any atom is 0.319 e. The first-order valence-electron chi connectivity index (χ1n) is 10.7. The fourth-order valence-electron chi connectivity index (χ4n) is 3.26. The van der Waals surface area contributed by atoms with Crippen LogP contribution in [0.3, 0.4) is 0 Å². The van der Waals surface area contributed by atoms with Gasteiger partial charge < -0.3 is 25.5 Å². The molecule has 168 valence electrons. The molecule has 0 aliphatic carbocycles. The molecule has 0 aromatic heterocycles. The third-order valence-electron chi connectivity index (χ3n) is 6.12. The average Bonchev–Trinajstić information content (AvgIpc) is 2.73. The van der Waals surface area contributed by atoms with Crippen LogP contribution in [0.15, 0.2) is 24.3 Å². The Bertz CT molecular complexity index is 699. The topological polar surface area (TPSA) is 88.1 Å². The number of aliphatic hydroxyl groups is 1. The molecule has 1 aromatic carbocycles. The number of benzene rings is 1. The molecule has 1 saturated heterocycles. The number of piperazine rings is 1. The number of likely N-dealkylation sites (N-methyl/N-ethyl adjacent to an activating group) is 2. The van der Waals surface area contributed by atoms with Gasteiger partial charge in [-0.05, 0) is 44.2 Å². The summed E-state index contributed by atoms with van der Waals surface area (Å²) in [5, 5.41) is 15.9. The normalized spacial score (nSPS) is 18.3. The van der Waals surface area contributed by atoms with Crippen LogP contribution >= 0.6 is 0 Å². The number of urea groups is 1. The SMILES string of the molecule is CCC(C)C(C)(O)CNC(=O)Nc1ccc(N(C)C(=O)CN2CCN(C)CC2)cc1. The van der Waals surface area contributed by atoms with E-state index in [0.717, 1.165) is 38.3 Å². The lowest BCUT2D eigenvalue weighted by atomic mass is 9.89. The van der Waals surface area contributed by atoms with Gasteiger partial charge in [0.1, 0.15) is 0 Å². The van der Waals surface area contributed by atoms with Gasteiger partial charge in [0.05, 0.1) is 12.1 Å². The predicted octanol–water partition coefficient (Wildman–Crippen LogP) is 1.82.